The number of methoxy groups -OCH3 is 2. The SMILES string of the molecule is COc1cccc(-c2nc(CSc3nnc4c5ccccc5nc(-c5ccco5)n34)c(C)o2)c1OC. The Balaban J connectivity index is 1.38. The van der Waals surface area contributed by atoms with Gasteiger partial charge in [0, 0.05) is 11.1 Å². The van der Waals surface area contributed by atoms with E-state index < -0.39 is 0 Å². The average molecular weight is 500 g/mol. The van der Waals surface area contributed by atoms with Gasteiger partial charge in [0.05, 0.1) is 37.3 Å². The molecule has 0 unspecified atom stereocenters. The first kappa shape index (κ1) is 22.2. The van der Waals surface area contributed by atoms with Crippen molar-refractivity contribution in [3.05, 3.63) is 72.3 Å². The summed E-state index contributed by atoms with van der Waals surface area (Å²) in [6.45, 7) is 1.89. The molecule has 4 heterocycles. The van der Waals surface area contributed by atoms with E-state index in [1.807, 2.05) is 65.9 Å². The van der Waals surface area contributed by atoms with Crippen molar-refractivity contribution >= 4 is 28.3 Å². The van der Waals surface area contributed by atoms with Gasteiger partial charge in [0.1, 0.15) is 5.76 Å². The minimum atomic E-state index is 0.467. The van der Waals surface area contributed by atoms with Crippen LogP contribution in [0.15, 0.2) is 74.9 Å². The van der Waals surface area contributed by atoms with Crippen LogP contribution in [0.4, 0.5) is 0 Å². The summed E-state index contributed by atoms with van der Waals surface area (Å²) in [5, 5.41) is 10.6. The molecule has 0 atom stereocenters. The molecule has 4 aromatic heterocycles. The highest BCUT2D eigenvalue weighted by Crippen LogP contribution is 2.38. The molecule has 0 N–H and O–H groups in total. The lowest BCUT2D eigenvalue weighted by Crippen LogP contribution is -1.99. The lowest BCUT2D eigenvalue weighted by atomic mass is 10.2. The zero-order valence-corrected chi connectivity index (χ0v) is 20.6. The molecule has 0 amide bonds. The van der Waals surface area contributed by atoms with Gasteiger partial charge in [-0.1, -0.05) is 30.0 Å². The van der Waals surface area contributed by atoms with Crippen molar-refractivity contribution in [2.24, 2.45) is 0 Å². The van der Waals surface area contributed by atoms with Gasteiger partial charge < -0.3 is 18.3 Å². The quantitative estimate of drug-likeness (QED) is 0.252. The topological polar surface area (TPSA) is 101 Å². The van der Waals surface area contributed by atoms with Crippen LogP contribution in [-0.2, 0) is 5.75 Å². The summed E-state index contributed by atoms with van der Waals surface area (Å²) in [5.74, 6) is 4.16. The molecule has 0 spiro atoms. The molecule has 2 aromatic carbocycles. The standard InChI is InChI=1S/C26H21N5O4S/c1-15-19(28-25(35-15)17-9-6-11-20(32-2)22(17)33-3)14-36-26-30-29-23-16-8-4-5-10-18(16)27-24(31(23)26)21-12-7-13-34-21/h4-13H,14H2,1-3H3. The molecule has 0 radical (unpaired) electrons. The molecule has 6 rings (SSSR count). The molecule has 36 heavy (non-hydrogen) atoms. The zero-order valence-electron chi connectivity index (χ0n) is 19.8. The minimum absolute atomic E-state index is 0.467. The van der Waals surface area contributed by atoms with E-state index in [2.05, 4.69) is 10.2 Å². The van der Waals surface area contributed by atoms with Crippen molar-refractivity contribution in [3.63, 3.8) is 0 Å². The maximum atomic E-state index is 6.01. The second-order valence-corrected chi connectivity index (χ2v) is 8.87. The van der Waals surface area contributed by atoms with Crippen molar-refractivity contribution in [1.82, 2.24) is 24.6 Å². The molecule has 6 aromatic rings. The van der Waals surface area contributed by atoms with Crippen LogP contribution < -0.4 is 9.47 Å². The highest BCUT2D eigenvalue weighted by Gasteiger charge is 2.21. The second kappa shape index (κ2) is 9.04. The number of furan rings is 1. The number of oxazole rings is 1. The predicted molar refractivity (Wildman–Crippen MR) is 135 cm³/mol. The maximum absolute atomic E-state index is 6.01. The van der Waals surface area contributed by atoms with E-state index >= 15 is 0 Å². The molecule has 180 valence electrons. The molecule has 0 aliphatic heterocycles. The summed E-state index contributed by atoms with van der Waals surface area (Å²) in [6, 6.07) is 17.2. The van der Waals surface area contributed by atoms with Crippen LogP contribution in [-0.4, -0.2) is 38.8 Å². The summed E-state index contributed by atoms with van der Waals surface area (Å²) >= 11 is 1.50. The van der Waals surface area contributed by atoms with Gasteiger partial charge in [-0.25, -0.2) is 9.97 Å². The van der Waals surface area contributed by atoms with Gasteiger partial charge in [-0.15, -0.1) is 10.2 Å². The van der Waals surface area contributed by atoms with Gasteiger partial charge in [-0.05, 0) is 43.3 Å². The van der Waals surface area contributed by atoms with Crippen molar-refractivity contribution in [2.45, 2.75) is 17.8 Å². The number of hydrogen-bond donors (Lipinski definition) is 0. The number of aromatic nitrogens is 5. The fraction of sp³-hybridized carbons (Fsp3) is 0.154. The third kappa shape index (κ3) is 3.66. The number of nitrogens with zero attached hydrogens (tertiary/aromatic N) is 5. The lowest BCUT2D eigenvalue weighted by Gasteiger charge is -2.09. The predicted octanol–water partition coefficient (Wildman–Crippen LogP) is 5.81. The third-order valence-corrected chi connectivity index (χ3v) is 6.76. The summed E-state index contributed by atoms with van der Waals surface area (Å²) in [5.41, 5.74) is 3.06. The van der Waals surface area contributed by atoms with Crippen LogP contribution in [0.5, 0.6) is 11.5 Å². The number of rotatable bonds is 7. The van der Waals surface area contributed by atoms with Gasteiger partial charge >= 0.3 is 0 Å². The summed E-state index contributed by atoms with van der Waals surface area (Å²) < 4.78 is 24.6. The molecule has 0 saturated heterocycles. The molecule has 0 aliphatic rings. The van der Waals surface area contributed by atoms with Crippen LogP contribution in [0.2, 0.25) is 0 Å². The van der Waals surface area contributed by atoms with E-state index in [0.29, 0.717) is 51.3 Å². The Hall–Kier alpha value is -4.31. The van der Waals surface area contributed by atoms with Crippen molar-refractivity contribution in [2.75, 3.05) is 14.2 Å². The van der Waals surface area contributed by atoms with Crippen LogP contribution in [0.3, 0.4) is 0 Å². The fourth-order valence-corrected chi connectivity index (χ4v) is 5.02. The molecule has 0 aliphatic carbocycles. The fourth-order valence-electron chi connectivity index (χ4n) is 4.09. The first-order chi connectivity index (χ1) is 17.7. The third-order valence-electron chi connectivity index (χ3n) is 5.82. The summed E-state index contributed by atoms with van der Waals surface area (Å²) in [7, 11) is 3.20. The summed E-state index contributed by atoms with van der Waals surface area (Å²) in [4.78, 5) is 9.60. The van der Waals surface area contributed by atoms with E-state index in [1.54, 1.807) is 20.5 Å². The Bertz CT molecular complexity index is 1690. The number of ether oxygens (including phenoxy) is 2. The van der Waals surface area contributed by atoms with E-state index in [4.69, 9.17) is 28.3 Å². The Morgan fingerprint density at radius 1 is 0.944 bits per heavy atom. The van der Waals surface area contributed by atoms with Crippen LogP contribution in [0, 0.1) is 6.92 Å². The number of benzene rings is 2. The van der Waals surface area contributed by atoms with Crippen LogP contribution in [0.1, 0.15) is 11.5 Å². The molecule has 9 nitrogen and oxygen atoms in total. The first-order valence-corrected chi connectivity index (χ1v) is 12.1. The highest BCUT2D eigenvalue weighted by molar-refractivity contribution is 7.98. The normalized spacial score (nSPS) is 11.4. The smallest absolute Gasteiger partial charge is 0.230 e. The average Bonchev–Trinajstić information content (AvgIpc) is 3.67. The van der Waals surface area contributed by atoms with E-state index in [1.165, 1.54) is 11.8 Å². The van der Waals surface area contributed by atoms with Gasteiger partial charge in [0.25, 0.3) is 0 Å². The Morgan fingerprint density at radius 2 is 1.83 bits per heavy atom. The molecular weight excluding hydrogens is 478 g/mol. The second-order valence-electron chi connectivity index (χ2n) is 7.92. The number of fused-ring (bicyclic) bond motifs is 3. The highest BCUT2D eigenvalue weighted by atomic mass is 32.2. The van der Waals surface area contributed by atoms with Gasteiger partial charge in [-0.2, -0.15) is 0 Å². The maximum Gasteiger partial charge on any atom is 0.230 e. The number of thioether (sulfide) groups is 1. The number of para-hydroxylation sites is 2. The molecule has 0 fully saturated rings. The molecule has 0 saturated carbocycles. The van der Waals surface area contributed by atoms with Crippen molar-refractivity contribution < 1.29 is 18.3 Å². The van der Waals surface area contributed by atoms with Crippen LogP contribution >= 0.6 is 11.8 Å². The van der Waals surface area contributed by atoms with Crippen molar-refractivity contribution in [3.8, 4) is 34.5 Å². The van der Waals surface area contributed by atoms with E-state index in [0.717, 1.165) is 22.2 Å². The van der Waals surface area contributed by atoms with Gasteiger partial charge in [0.15, 0.2) is 33.9 Å². The first-order valence-electron chi connectivity index (χ1n) is 11.2. The van der Waals surface area contributed by atoms with E-state index in [-0.39, 0.29) is 0 Å². The van der Waals surface area contributed by atoms with Crippen molar-refractivity contribution in [1.29, 1.82) is 0 Å². The van der Waals surface area contributed by atoms with Crippen LogP contribution in [0.25, 0.3) is 39.6 Å². The lowest BCUT2D eigenvalue weighted by molar-refractivity contribution is 0.355. The number of hydrogen-bond acceptors (Lipinski definition) is 9. The molecule has 0 bridgehead atoms. The minimum Gasteiger partial charge on any atom is -0.493 e. The monoisotopic (exact) mass is 499 g/mol. The van der Waals surface area contributed by atoms with E-state index in [9.17, 15) is 0 Å². The Kier molecular flexibility index (Phi) is 5.57. The summed E-state index contributed by atoms with van der Waals surface area (Å²) in [6.07, 6.45) is 1.63. The molecule has 10 heteroatoms. The van der Waals surface area contributed by atoms with Gasteiger partial charge in [0.2, 0.25) is 5.89 Å². The molecular formula is C26H21N5O4S. The number of aryl methyl sites for hydroxylation is 1. The Labute approximate surface area is 210 Å². The Morgan fingerprint density at radius 3 is 2.64 bits per heavy atom. The zero-order chi connectivity index (χ0) is 24.6. The van der Waals surface area contributed by atoms with Gasteiger partial charge in [-0.3, -0.25) is 4.40 Å². The largest absolute Gasteiger partial charge is 0.493 e.